The van der Waals surface area contributed by atoms with Gasteiger partial charge in [0.15, 0.2) is 12.0 Å². The number of halogens is 1. The molecule has 1 saturated heterocycles. The molecule has 1 aromatic carbocycles. The summed E-state index contributed by atoms with van der Waals surface area (Å²) in [6.45, 7) is 5.33. The largest absolute Gasteiger partial charge is 0.372 e. The first kappa shape index (κ1) is 20.3. The third-order valence-electron chi connectivity index (χ3n) is 4.91. The van der Waals surface area contributed by atoms with E-state index in [1.807, 2.05) is 49.1 Å². The molecule has 9 heteroatoms. The Hall–Kier alpha value is -2.97. The van der Waals surface area contributed by atoms with Crippen molar-refractivity contribution in [3.8, 4) is 0 Å². The van der Waals surface area contributed by atoms with Crippen molar-refractivity contribution in [3.63, 3.8) is 0 Å². The van der Waals surface area contributed by atoms with E-state index in [9.17, 15) is 9.59 Å². The number of morpholine rings is 1. The van der Waals surface area contributed by atoms with Crippen molar-refractivity contribution in [2.24, 2.45) is 0 Å². The van der Waals surface area contributed by atoms with Gasteiger partial charge in [0.25, 0.3) is 5.91 Å². The Kier molecular flexibility index (Phi) is 5.69. The van der Waals surface area contributed by atoms with Crippen molar-refractivity contribution in [2.45, 2.75) is 32.6 Å². The van der Waals surface area contributed by atoms with Gasteiger partial charge in [-0.05, 0) is 19.4 Å². The third-order valence-corrected chi connectivity index (χ3v) is 5.26. The highest BCUT2D eigenvalue weighted by atomic mass is 35.5. The highest BCUT2D eigenvalue weighted by Crippen LogP contribution is 2.37. The molecule has 3 aromatic rings. The molecule has 1 fully saturated rings. The Labute approximate surface area is 178 Å². The van der Waals surface area contributed by atoms with E-state index in [-0.39, 0.29) is 39.7 Å². The zero-order valence-corrected chi connectivity index (χ0v) is 17.3. The number of benzene rings is 1. The van der Waals surface area contributed by atoms with E-state index in [2.05, 4.69) is 15.5 Å². The number of carbonyl (C=O) groups excluding carboxylic acids is 2. The molecule has 0 unspecified atom stereocenters. The summed E-state index contributed by atoms with van der Waals surface area (Å²) >= 11 is 6.60. The molecule has 0 aliphatic carbocycles. The van der Waals surface area contributed by atoms with E-state index < -0.39 is 5.91 Å². The number of nitrogens with one attached hydrogen (secondary N) is 1. The highest BCUT2D eigenvalue weighted by molar-refractivity contribution is 6.38. The zero-order chi connectivity index (χ0) is 21.3. The zero-order valence-electron chi connectivity index (χ0n) is 16.6. The minimum atomic E-state index is -0.459. The van der Waals surface area contributed by atoms with Gasteiger partial charge in [0, 0.05) is 19.6 Å². The fourth-order valence-electron chi connectivity index (χ4n) is 3.68. The summed E-state index contributed by atoms with van der Waals surface area (Å²) in [5.74, 6) is -0.459. The van der Waals surface area contributed by atoms with Crippen LogP contribution in [0.4, 0.5) is 5.69 Å². The Morgan fingerprint density at radius 2 is 1.97 bits per heavy atom. The highest BCUT2D eigenvalue weighted by Gasteiger charge is 2.30. The van der Waals surface area contributed by atoms with Gasteiger partial charge in [-0.15, -0.1) is 0 Å². The Bertz CT molecular complexity index is 1080. The second kappa shape index (κ2) is 8.41. The molecule has 1 amide bonds. The molecule has 8 nitrogen and oxygen atoms in total. The topological polar surface area (TPSA) is 97.6 Å². The number of nitrogens with zero attached hydrogens (tertiary/aromatic N) is 3. The molecule has 0 radical (unpaired) electrons. The van der Waals surface area contributed by atoms with Crippen molar-refractivity contribution < 1.29 is 18.8 Å². The maximum atomic E-state index is 12.6. The average molecular weight is 429 g/mol. The summed E-state index contributed by atoms with van der Waals surface area (Å²) < 4.78 is 11.1. The Balaban J connectivity index is 1.67. The summed E-state index contributed by atoms with van der Waals surface area (Å²) in [6.07, 6.45) is 0.563. The van der Waals surface area contributed by atoms with Gasteiger partial charge in [-0.2, -0.15) is 0 Å². The van der Waals surface area contributed by atoms with Crippen molar-refractivity contribution in [2.75, 3.05) is 18.0 Å². The molecule has 156 valence electrons. The summed E-state index contributed by atoms with van der Waals surface area (Å²) in [5.41, 5.74) is 1.86. The first-order valence-electron chi connectivity index (χ1n) is 9.64. The van der Waals surface area contributed by atoms with E-state index in [4.69, 9.17) is 20.9 Å². The van der Waals surface area contributed by atoms with E-state index in [0.717, 1.165) is 5.56 Å². The van der Waals surface area contributed by atoms with Crippen LogP contribution in [0.25, 0.3) is 11.1 Å². The predicted octanol–water partition coefficient (Wildman–Crippen LogP) is 3.23. The van der Waals surface area contributed by atoms with Crippen LogP contribution in [0.2, 0.25) is 5.02 Å². The normalized spacial score (nSPS) is 19.1. The summed E-state index contributed by atoms with van der Waals surface area (Å²) in [4.78, 5) is 30.8. The lowest BCUT2D eigenvalue weighted by Gasteiger charge is -2.37. The van der Waals surface area contributed by atoms with Crippen molar-refractivity contribution in [1.29, 1.82) is 0 Å². The number of hydrogen-bond acceptors (Lipinski definition) is 7. The standard InChI is InChI=1S/C21H21ClN4O4/c1-12-9-26(10-13(2)29-12)19-15(11-27)24-17-18(25-30-20(17)16(19)22)21(28)23-8-14-6-4-3-5-7-14/h3-7,11-13H,8-10H2,1-2H3,(H,23,28)/t12-,13+. The smallest absolute Gasteiger partial charge is 0.276 e. The molecule has 4 rings (SSSR count). The molecule has 1 aliphatic heterocycles. The van der Waals surface area contributed by atoms with Crippen LogP contribution in [0.1, 0.15) is 40.4 Å². The second-order valence-electron chi connectivity index (χ2n) is 7.32. The average Bonchev–Trinajstić information content (AvgIpc) is 3.16. The van der Waals surface area contributed by atoms with Gasteiger partial charge >= 0.3 is 0 Å². The van der Waals surface area contributed by atoms with Gasteiger partial charge in [-0.3, -0.25) is 9.59 Å². The molecular formula is C21H21ClN4O4. The lowest BCUT2D eigenvalue weighted by molar-refractivity contribution is -0.00526. The number of pyridine rings is 1. The first-order valence-corrected chi connectivity index (χ1v) is 10.0. The van der Waals surface area contributed by atoms with Crippen LogP contribution < -0.4 is 10.2 Å². The molecule has 3 heterocycles. The van der Waals surface area contributed by atoms with Gasteiger partial charge < -0.3 is 19.5 Å². The van der Waals surface area contributed by atoms with Crippen LogP contribution in [0.15, 0.2) is 34.9 Å². The van der Waals surface area contributed by atoms with Crippen LogP contribution in [0, 0.1) is 0 Å². The number of aldehydes is 1. The lowest BCUT2D eigenvalue weighted by Crippen LogP contribution is -2.46. The van der Waals surface area contributed by atoms with Crippen LogP contribution in [-0.4, -0.2) is 47.6 Å². The number of ether oxygens (including phenoxy) is 1. The maximum absolute atomic E-state index is 12.6. The number of anilines is 1. The van der Waals surface area contributed by atoms with E-state index in [1.165, 1.54) is 0 Å². The van der Waals surface area contributed by atoms with E-state index in [1.54, 1.807) is 0 Å². The van der Waals surface area contributed by atoms with Gasteiger partial charge in [-0.25, -0.2) is 4.98 Å². The van der Waals surface area contributed by atoms with E-state index in [0.29, 0.717) is 31.6 Å². The second-order valence-corrected chi connectivity index (χ2v) is 7.69. The number of aromatic nitrogens is 2. The lowest BCUT2D eigenvalue weighted by atomic mass is 10.1. The molecule has 30 heavy (non-hydrogen) atoms. The van der Waals surface area contributed by atoms with Gasteiger partial charge in [0.05, 0.1) is 17.9 Å². The van der Waals surface area contributed by atoms with Crippen LogP contribution in [0.5, 0.6) is 0 Å². The van der Waals surface area contributed by atoms with Crippen LogP contribution >= 0.6 is 11.6 Å². The maximum Gasteiger partial charge on any atom is 0.276 e. The van der Waals surface area contributed by atoms with E-state index >= 15 is 0 Å². The molecule has 2 aromatic heterocycles. The molecule has 0 saturated carbocycles. The van der Waals surface area contributed by atoms with Gasteiger partial charge in [-0.1, -0.05) is 47.1 Å². The molecule has 1 aliphatic rings. The Morgan fingerprint density at radius 1 is 1.27 bits per heavy atom. The molecular weight excluding hydrogens is 408 g/mol. The molecule has 0 bridgehead atoms. The number of rotatable bonds is 5. The molecule has 2 atom stereocenters. The van der Waals surface area contributed by atoms with Crippen LogP contribution in [-0.2, 0) is 11.3 Å². The fourth-order valence-corrected chi connectivity index (χ4v) is 4.02. The summed E-state index contributed by atoms with van der Waals surface area (Å²) in [6, 6.07) is 9.48. The third kappa shape index (κ3) is 3.88. The minimum absolute atomic E-state index is 0.0128. The van der Waals surface area contributed by atoms with Crippen LogP contribution in [0.3, 0.4) is 0 Å². The predicted molar refractivity (Wildman–Crippen MR) is 112 cm³/mol. The van der Waals surface area contributed by atoms with Gasteiger partial charge in [0.2, 0.25) is 5.58 Å². The van der Waals surface area contributed by atoms with Crippen molar-refractivity contribution in [3.05, 3.63) is 52.3 Å². The summed E-state index contributed by atoms with van der Waals surface area (Å²) in [5, 5.41) is 6.85. The van der Waals surface area contributed by atoms with Crippen molar-refractivity contribution in [1.82, 2.24) is 15.5 Å². The Morgan fingerprint density at radius 3 is 2.63 bits per heavy atom. The number of carbonyl (C=O) groups is 2. The summed E-state index contributed by atoms with van der Waals surface area (Å²) in [7, 11) is 0. The quantitative estimate of drug-likeness (QED) is 0.623. The number of amides is 1. The fraction of sp³-hybridized carbons (Fsp3) is 0.333. The monoisotopic (exact) mass is 428 g/mol. The molecule has 0 spiro atoms. The number of hydrogen-bond donors (Lipinski definition) is 1. The SMILES string of the molecule is C[C@@H]1CN(c2c(C=O)nc3c(C(=O)NCc4ccccc4)noc3c2Cl)C[C@H](C)O1. The van der Waals surface area contributed by atoms with Crippen molar-refractivity contribution >= 4 is 40.6 Å². The number of fused-ring (bicyclic) bond motifs is 1. The van der Waals surface area contributed by atoms with Gasteiger partial charge in [0.1, 0.15) is 16.2 Å². The minimum Gasteiger partial charge on any atom is -0.372 e. The first-order chi connectivity index (χ1) is 14.5. The molecule has 1 N–H and O–H groups in total.